The van der Waals surface area contributed by atoms with Crippen molar-refractivity contribution in [3.63, 3.8) is 0 Å². The van der Waals surface area contributed by atoms with Crippen molar-refractivity contribution in [3.8, 4) is 0 Å². The zero-order valence-corrected chi connectivity index (χ0v) is 11.2. The van der Waals surface area contributed by atoms with E-state index in [0.29, 0.717) is 5.92 Å². The summed E-state index contributed by atoms with van der Waals surface area (Å²) < 4.78 is 7.14. The van der Waals surface area contributed by atoms with E-state index in [9.17, 15) is 4.79 Å². The fourth-order valence-electron chi connectivity index (χ4n) is 3.15. The molecule has 0 spiro atoms. The van der Waals surface area contributed by atoms with Crippen molar-refractivity contribution in [2.24, 2.45) is 5.92 Å². The number of cyclic esters (lactones) is 1. The summed E-state index contributed by atoms with van der Waals surface area (Å²) in [5, 5.41) is 4.16. The highest BCUT2D eigenvalue weighted by molar-refractivity contribution is 5.78. The molecule has 0 aliphatic carbocycles. The van der Waals surface area contributed by atoms with Crippen molar-refractivity contribution in [3.05, 3.63) is 12.7 Å². The summed E-state index contributed by atoms with van der Waals surface area (Å²) in [6, 6.07) is -0.0338. The number of piperidine rings is 1. The molecule has 0 bridgehead atoms. The zero-order chi connectivity index (χ0) is 13.2. The molecule has 0 saturated carbocycles. The SMILES string of the molecule is C[C@@H]1C[C@H](N2CCC[C@H](Cn3cncn3)C2)C(=O)O1. The maximum Gasteiger partial charge on any atom is 0.323 e. The second-order valence-electron chi connectivity index (χ2n) is 5.62. The van der Waals surface area contributed by atoms with Gasteiger partial charge < -0.3 is 4.74 Å². The van der Waals surface area contributed by atoms with Crippen LogP contribution in [0.2, 0.25) is 0 Å². The molecule has 6 heteroatoms. The van der Waals surface area contributed by atoms with E-state index in [1.807, 2.05) is 11.6 Å². The van der Waals surface area contributed by atoms with Crippen LogP contribution < -0.4 is 0 Å². The molecule has 0 aromatic carbocycles. The standard InChI is InChI=1S/C13H20N4O2/c1-10-5-12(13(18)19-10)16-4-2-3-11(6-16)7-17-9-14-8-15-17/h8-12H,2-7H2,1H3/t10-,11+,12+/m1/s1. The second kappa shape index (κ2) is 5.28. The summed E-state index contributed by atoms with van der Waals surface area (Å²) >= 11 is 0. The van der Waals surface area contributed by atoms with Crippen LogP contribution in [-0.4, -0.2) is 50.9 Å². The van der Waals surface area contributed by atoms with Gasteiger partial charge in [0.1, 0.15) is 24.8 Å². The van der Waals surface area contributed by atoms with Gasteiger partial charge in [-0.15, -0.1) is 0 Å². The Kier molecular flexibility index (Phi) is 3.50. The molecule has 0 radical (unpaired) electrons. The lowest BCUT2D eigenvalue weighted by Gasteiger charge is -2.34. The fourth-order valence-corrected chi connectivity index (χ4v) is 3.15. The smallest absolute Gasteiger partial charge is 0.323 e. The first-order valence-corrected chi connectivity index (χ1v) is 6.99. The van der Waals surface area contributed by atoms with Gasteiger partial charge in [-0.1, -0.05) is 0 Å². The number of ether oxygens (including phenoxy) is 1. The van der Waals surface area contributed by atoms with Gasteiger partial charge in [0.15, 0.2) is 0 Å². The molecule has 104 valence electrons. The second-order valence-corrected chi connectivity index (χ2v) is 5.62. The molecular formula is C13H20N4O2. The van der Waals surface area contributed by atoms with Crippen LogP contribution >= 0.6 is 0 Å². The van der Waals surface area contributed by atoms with Crippen LogP contribution in [0.4, 0.5) is 0 Å². The molecule has 0 unspecified atom stereocenters. The lowest BCUT2D eigenvalue weighted by atomic mass is 9.96. The maximum absolute atomic E-state index is 11.8. The van der Waals surface area contributed by atoms with Gasteiger partial charge in [0.25, 0.3) is 0 Å². The van der Waals surface area contributed by atoms with Crippen LogP contribution in [0.25, 0.3) is 0 Å². The number of nitrogens with zero attached hydrogens (tertiary/aromatic N) is 4. The lowest BCUT2D eigenvalue weighted by Crippen LogP contribution is -2.45. The van der Waals surface area contributed by atoms with Gasteiger partial charge >= 0.3 is 5.97 Å². The van der Waals surface area contributed by atoms with E-state index in [4.69, 9.17) is 4.74 Å². The summed E-state index contributed by atoms with van der Waals surface area (Å²) in [6.07, 6.45) is 6.54. The minimum atomic E-state index is -0.0473. The van der Waals surface area contributed by atoms with Gasteiger partial charge in [-0.05, 0) is 32.2 Å². The maximum atomic E-state index is 11.8. The average Bonchev–Trinajstić information content (AvgIpc) is 2.99. The molecule has 2 aliphatic heterocycles. The minimum absolute atomic E-state index is 0.0338. The molecule has 1 aromatic heterocycles. The highest BCUT2D eigenvalue weighted by Gasteiger charge is 2.38. The third-order valence-corrected chi connectivity index (χ3v) is 4.05. The van der Waals surface area contributed by atoms with Crippen molar-refractivity contribution < 1.29 is 9.53 Å². The molecule has 3 heterocycles. The quantitative estimate of drug-likeness (QED) is 0.752. The highest BCUT2D eigenvalue weighted by Crippen LogP contribution is 2.26. The van der Waals surface area contributed by atoms with Crippen molar-refractivity contribution in [1.82, 2.24) is 19.7 Å². The first kappa shape index (κ1) is 12.6. The van der Waals surface area contributed by atoms with E-state index < -0.39 is 0 Å². The topological polar surface area (TPSA) is 60.2 Å². The van der Waals surface area contributed by atoms with E-state index in [1.54, 1.807) is 12.7 Å². The number of hydrogen-bond donors (Lipinski definition) is 0. The Bertz CT molecular complexity index is 434. The van der Waals surface area contributed by atoms with Crippen LogP contribution in [0.3, 0.4) is 0 Å². The van der Waals surface area contributed by atoms with E-state index in [1.165, 1.54) is 6.42 Å². The molecule has 0 amide bonds. The summed E-state index contributed by atoms with van der Waals surface area (Å²) in [6.45, 7) is 4.80. The molecule has 2 fully saturated rings. The van der Waals surface area contributed by atoms with Crippen LogP contribution in [0.1, 0.15) is 26.2 Å². The Labute approximate surface area is 112 Å². The predicted octanol–water partition coefficient (Wildman–Crippen LogP) is 0.694. The molecule has 19 heavy (non-hydrogen) atoms. The molecule has 6 nitrogen and oxygen atoms in total. The molecule has 1 aromatic rings. The van der Waals surface area contributed by atoms with E-state index in [2.05, 4.69) is 15.0 Å². The Morgan fingerprint density at radius 3 is 3.11 bits per heavy atom. The predicted molar refractivity (Wildman–Crippen MR) is 68.3 cm³/mol. The zero-order valence-electron chi connectivity index (χ0n) is 11.2. The number of esters is 1. The number of aromatic nitrogens is 3. The van der Waals surface area contributed by atoms with Crippen LogP contribution in [0.15, 0.2) is 12.7 Å². The third kappa shape index (κ3) is 2.78. The third-order valence-electron chi connectivity index (χ3n) is 4.05. The van der Waals surface area contributed by atoms with Crippen LogP contribution in [0.5, 0.6) is 0 Å². The molecule has 0 N–H and O–H groups in total. The van der Waals surface area contributed by atoms with Crippen LogP contribution in [0, 0.1) is 5.92 Å². The number of carbonyl (C=O) groups excluding carboxylic acids is 1. The Hall–Kier alpha value is -1.43. The van der Waals surface area contributed by atoms with Crippen molar-refractivity contribution in [2.75, 3.05) is 13.1 Å². The van der Waals surface area contributed by atoms with Crippen LogP contribution in [-0.2, 0) is 16.1 Å². The highest BCUT2D eigenvalue weighted by atomic mass is 16.6. The summed E-state index contributed by atoms with van der Waals surface area (Å²) in [5.41, 5.74) is 0. The summed E-state index contributed by atoms with van der Waals surface area (Å²) in [7, 11) is 0. The lowest BCUT2D eigenvalue weighted by molar-refractivity contribution is -0.145. The van der Waals surface area contributed by atoms with E-state index >= 15 is 0 Å². The first-order valence-electron chi connectivity index (χ1n) is 6.99. The molecule has 2 aliphatic rings. The number of carbonyl (C=O) groups is 1. The molecular weight excluding hydrogens is 244 g/mol. The monoisotopic (exact) mass is 264 g/mol. The van der Waals surface area contributed by atoms with Gasteiger partial charge in [0, 0.05) is 19.5 Å². The first-order chi connectivity index (χ1) is 9.22. The van der Waals surface area contributed by atoms with Crippen molar-refractivity contribution in [2.45, 2.75) is 44.9 Å². The van der Waals surface area contributed by atoms with Crippen molar-refractivity contribution >= 4 is 5.97 Å². The number of likely N-dealkylation sites (tertiary alicyclic amines) is 1. The normalized spacial score (nSPS) is 32.5. The van der Waals surface area contributed by atoms with Gasteiger partial charge in [0.2, 0.25) is 0 Å². The molecule has 2 saturated heterocycles. The Balaban J connectivity index is 1.60. The minimum Gasteiger partial charge on any atom is -0.461 e. The van der Waals surface area contributed by atoms with Gasteiger partial charge in [-0.2, -0.15) is 5.10 Å². The Morgan fingerprint density at radius 2 is 2.42 bits per heavy atom. The summed E-state index contributed by atoms with van der Waals surface area (Å²) in [5.74, 6) is 0.494. The van der Waals surface area contributed by atoms with Crippen molar-refractivity contribution in [1.29, 1.82) is 0 Å². The summed E-state index contributed by atoms with van der Waals surface area (Å²) in [4.78, 5) is 18.1. The van der Waals surface area contributed by atoms with Gasteiger partial charge in [-0.3, -0.25) is 14.4 Å². The number of rotatable bonds is 3. The molecule has 3 atom stereocenters. The fraction of sp³-hybridized carbons (Fsp3) is 0.769. The number of hydrogen-bond acceptors (Lipinski definition) is 5. The van der Waals surface area contributed by atoms with E-state index in [0.717, 1.165) is 32.5 Å². The van der Waals surface area contributed by atoms with Gasteiger partial charge in [0.05, 0.1) is 0 Å². The molecule has 3 rings (SSSR count). The van der Waals surface area contributed by atoms with Gasteiger partial charge in [-0.25, -0.2) is 4.98 Å². The largest absolute Gasteiger partial charge is 0.461 e. The average molecular weight is 264 g/mol. The Morgan fingerprint density at radius 1 is 1.53 bits per heavy atom. The van der Waals surface area contributed by atoms with E-state index in [-0.39, 0.29) is 18.1 Å².